The van der Waals surface area contributed by atoms with Crippen molar-refractivity contribution < 1.29 is 9.53 Å². The van der Waals surface area contributed by atoms with E-state index >= 15 is 0 Å². The minimum atomic E-state index is 0.0443. The smallest absolute Gasteiger partial charge is 0.176 e. The fourth-order valence-corrected chi connectivity index (χ4v) is 1.29. The molecule has 16 heavy (non-hydrogen) atoms. The van der Waals surface area contributed by atoms with Crippen LogP contribution in [0.25, 0.3) is 0 Å². The predicted octanol–water partition coefficient (Wildman–Crippen LogP) is 0.996. The summed E-state index contributed by atoms with van der Waals surface area (Å²) in [7, 11) is 1.63. The van der Waals surface area contributed by atoms with Crippen LogP contribution in [0.5, 0.6) is 0 Å². The van der Waals surface area contributed by atoms with E-state index in [-0.39, 0.29) is 5.78 Å². The third-order valence-corrected chi connectivity index (χ3v) is 2.37. The number of hydrogen-bond acceptors (Lipinski definition) is 4. The summed E-state index contributed by atoms with van der Waals surface area (Å²) in [6.07, 6.45) is 0. The van der Waals surface area contributed by atoms with Crippen molar-refractivity contribution in [3.63, 3.8) is 0 Å². The summed E-state index contributed by atoms with van der Waals surface area (Å²) in [6, 6.07) is 5.37. The number of ketones is 1. The Kier molecular flexibility index (Phi) is 4.95. The van der Waals surface area contributed by atoms with Crippen LogP contribution in [-0.2, 0) is 4.74 Å². The number of rotatable bonds is 6. The van der Waals surface area contributed by atoms with Crippen LogP contribution in [0.3, 0.4) is 0 Å². The summed E-state index contributed by atoms with van der Waals surface area (Å²) in [5, 5.41) is 3.00. The molecule has 0 fully saturated rings. The molecule has 1 rings (SSSR count). The second kappa shape index (κ2) is 6.25. The van der Waals surface area contributed by atoms with Crippen molar-refractivity contribution in [2.24, 2.45) is 0 Å². The maximum Gasteiger partial charge on any atom is 0.176 e. The summed E-state index contributed by atoms with van der Waals surface area (Å²) < 4.78 is 4.87. The zero-order valence-electron chi connectivity index (χ0n) is 9.75. The normalized spacial score (nSPS) is 10.4. The standard InChI is InChI=1S/C12H18N2O2/c1-9-3-4-10(7-11(9)13)12(15)8-14-5-6-16-2/h3-4,7,14H,5-6,8,13H2,1-2H3. The van der Waals surface area contributed by atoms with Gasteiger partial charge in [-0.3, -0.25) is 4.79 Å². The molecule has 0 radical (unpaired) electrons. The SMILES string of the molecule is COCCNCC(=O)c1ccc(C)c(N)c1. The van der Waals surface area contributed by atoms with Gasteiger partial charge in [0.1, 0.15) is 0 Å². The molecular formula is C12H18N2O2. The highest BCUT2D eigenvalue weighted by molar-refractivity contribution is 5.98. The third kappa shape index (κ3) is 3.64. The number of anilines is 1. The lowest BCUT2D eigenvalue weighted by atomic mass is 10.1. The second-order valence-electron chi connectivity index (χ2n) is 3.66. The van der Waals surface area contributed by atoms with Gasteiger partial charge in [0.2, 0.25) is 0 Å². The Morgan fingerprint density at radius 3 is 2.88 bits per heavy atom. The minimum Gasteiger partial charge on any atom is -0.398 e. The van der Waals surface area contributed by atoms with Crippen molar-refractivity contribution in [1.82, 2.24) is 5.32 Å². The number of nitrogen functional groups attached to an aromatic ring is 1. The zero-order valence-corrected chi connectivity index (χ0v) is 9.75. The molecule has 0 bridgehead atoms. The van der Waals surface area contributed by atoms with Gasteiger partial charge in [0.15, 0.2) is 5.78 Å². The van der Waals surface area contributed by atoms with Crippen LogP contribution < -0.4 is 11.1 Å². The van der Waals surface area contributed by atoms with Gasteiger partial charge in [-0.1, -0.05) is 12.1 Å². The summed E-state index contributed by atoms with van der Waals surface area (Å²) in [6.45, 7) is 3.50. The average Bonchev–Trinajstić information content (AvgIpc) is 2.28. The highest BCUT2D eigenvalue weighted by atomic mass is 16.5. The van der Waals surface area contributed by atoms with Crippen LogP contribution >= 0.6 is 0 Å². The molecule has 0 aliphatic heterocycles. The highest BCUT2D eigenvalue weighted by Crippen LogP contribution is 2.12. The lowest BCUT2D eigenvalue weighted by Crippen LogP contribution is -2.26. The Hall–Kier alpha value is -1.39. The summed E-state index contributed by atoms with van der Waals surface area (Å²) in [5.41, 5.74) is 8.03. The first-order valence-corrected chi connectivity index (χ1v) is 5.24. The number of benzene rings is 1. The van der Waals surface area contributed by atoms with Crippen LogP contribution in [0.1, 0.15) is 15.9 Å². The van der Waals surface area contributed by atoms with Gasteiger partial charge in [-0.15, -0.1) is 0 Å². The molecule has 4 nitrogen and oxygen atoms in total. The lowest BCUT2D eigenvalue weighted by Gasteiger charge is -2.05. The molecule has 0 atom stereocenters. The second-order valence-corrected chi connectivity index (χ2v) is 3.66. The van der Waals surface area contributed by atoms with Crippen LogP contribution in [0, 0.1) is 6.92 Å². The molecule has 0 aliphatic carbocycles. The van der Waals surface area contributed by atoms with Gasteiger partial charge in [0.25, 0.3) is 0 Å². The molecule has 0 aliphatic rings. The van der Waals surface area contributed by atoms with Gasteiger partial charge >= 0.3 is 0 Å². The molecule has 3 N–H and O–H groups in total. The highest BCUT2D eigenvalue weighted by Gasteiger charge is 2.06. The van der Waals surface area contributed by atoms with Crippen molar-refractivity contribution in [1.29, 1.82) is 0 Å². The third-order valence-electron chi connectivity index (χ3n) is 2.37. The van der Waals surface area contributed by atoms with Gasteiger partial charge in [0.05, 0.1) is 13.2 Å². The van der Waals surface area contributed by atoms with Gasteiger partial charge in [0, 0.05) is 24.9 Å². The molecule has 0 spiro atoms. The number of ether oxygens (including phenoxy) is 1. The number of hydrogen-bond donors (Lipinski definition) is 2. The molecule has 4 heteroatoms. The fourth-order valence-electron chi connectivity index (χ4n) is 1.29. The van der Waals surface area contributed by atoms with Crippen LogP contribution in [-0.4, -0.2) is 32.6 Å². The van der Waals surface area contributed by atoms with Crippen molar-refractivity contribution >= 4 is 11.5 Å². The number of carbonyl (C=O) groups is 1. The predicted molar refractivity (Wildman–Crippen MR) is 64.7 cm³/mol. The van der Waals surface area contributed by atoms with E-state index in [1.807, 2.05) is 13.0 Å². The van der Waals surface area contributed by atoms with E-state index in [4.69, 9.17) is 10.5 Å². The Labute approximate surface area is 95.8 Å². The minimum absolute atomic E-state index is 0.0443. The zero-order chi connectivity index (χ0) is 12.0. The van der Waals surface area contributed by atoms with Gasteiger partial charge in [-0.2, -0.15) is 0 Å². The quantitative estimate of drug-likeness (QED) is 0.428. The molecule has 0 heterocycles. The molecule has 1 aromatic carbocycles. The van der Waals surface area contributed by atoms with Crippen molar-refractivity contribution in [2.45, 2.75) is 6.92 Å². The fraction of sp³-hybridized carbons (Fsp3) is 0.417. The van der Waals surface area contributed by atoms with Gasteiger partial charge in [-0.05, 0) is 18.6 Å². The summed E-state index contributed by atoms with van der Waals surface area (Å²) in [5.74, 6) is 0.0443. The summed E-state index contributed by atoms with van der Waals surface area (Å²) in [4.78, 5) is 11.7. The van der Waals surface area contributed by atoms with Crippen LogP contribution in [0.15, 0.2) is 18.2 Å². The maximum absolute atomic E-state index is 11.7. The first-order chi connectivity index (χ1) is 7.65. The van der Waals surface area contributed by atoms with E-state index in [2.05, 4.69) is 5.32 Å². The van der Waals surface area contributed by atoms with Crippen molar-refractivity contribution in [3.8, 4) is 0 Å². The average molecular weight is 222 g/mol. The molecular weight excluding hydrogens is 204 g/mol. The number of aryl methyl sites for hydroxylation is 1. The molecule has 0 unspecified atom stereocenters. The van der Waals surface area contributed by atoms with E-state index < -0.39 is 0 Å². The molecule has 0 aromatic heterocycles. The van der Waals surface area contributed by atoms with E-state index in [1.165, 1.54) is 0 Å². The molecule has 0 saturated heterocycles. The number of Topliss-reactive ketones (excluding diaryl/α,β-unsaturated/α-hetero) is 1. The molecule has 1 aromatic rings. The van der Waals surface area contributed by atoms with Gasteiger partial charge < -0.3 is 15.8 Å². The van der Waals surface area contributed by atoms with E-state index in [0.717, 1.165) is 5.56 Å². The van der Waals surface area contributed by atoms with E-state index in [9.17, 15) is 4.79 Å². The Balaban J connectivity index is 2.50. The number of nitrogens with two attached hydrogens (primary N) is 1. The number of methoxy groups -OCH3 is 1. The van der Waals surface area contributed by atoms with Crippen LogP contribution in [0.2, 0.25) is 0 Å². The Morgan fingerprint density at radius 2 is 2.25 bits per heavy atom. The topological polar surface area (TPSA) is 64.3 Å². The van der Waals surface area contributed by atoms with Crippen LogP contribution in [0.4, 0.5) is 5.69 Å². The molecule has 88 valence electrons. The van der Waals surface area contributed by atoms with E-state index in [1.54, 1.807) is 19.2 Å². The number of carbonyl (C=O) groups excluding carboxylic acids is 1. The Morgan fingerprint density at radius 1 is 1.50 bits per heavy atom. The largest absolute Gasteiger partial charge is 0.398 e. The lowest BCUT2D eigenvalue weighted by molar-refractivity contribution is 0.0987. The van der Waals surface area contributed by atoms with Crippen molar-refractivity contribution in [3.05, 3.63) is 29.3 Å². The van der Waals surface area contributed by atoms with E-state index in [0.29, 0.717) is 30.9 Å². The number of nitrogens with one attached hydrogen (secondary N) is 1. The molecule has 0 amide bonds. The van der Waals surface area contributed by atoms with Crippen molar-refractivity contribution in [2.75, 3.05) is 32.5 Å². The summed E-state index contributed by atoms with van der Waals surface area (Å²) >= 11 is 0. The Bertz CT molecular complexity index is 364. The monoisotopic (exact) mass is 222 g/mol. The maximum atomic E-state index is 11.7. The van der Waals surface area contributed by atoms with Gasteiger partial charge in [-0.25, -0.2) is 0 Å². The first kappa shape index (κ1) is 12.7. The molecule has 0 saturated carbocycles. The first-order valence-electron chi connectivity index (χ1n) is 5.24.